The Hall–Kier alpha value is -2.06. The van der Waals surface area contributed by atoms with E-state index in [9.17, 15) is 0 Å². The van der Waals surface area contributed by atoms with Gasteiger partial charge in [0.1, 0.15) is 0 Å². The molecule has 0 unspecified atom stereocenters. The van der Waals surface area contributed by atoms with Gasteiger partial charge in [0, 0.05) is 24.8 Å². The molecule has 0 fully saturated rings. The summed E-state index contributed by atoms with van der Waals surface area (Å²) in [7, 11) is 0. The Morgan fingerprint density at radius 3 is 1.50 bits per heavy atom. The molecule has 4 aromatic rings. The van der Waals surface area contributed by atoms with Gasteiger partial charge < -0.3 is 0 Å². The molecule has 0 amide bonds. The van der Waals surface area contributed by atoms with Crippen molar-refractivity contribution in [2.45, 2.75) is 0 Å². The van der Waals surface area contributed by atoms with Gasteiger partial charge in [-0.3, -0.25) is 0 Å². The molecule has 18 heavy (non-hydrogen) atoms. The first-order valence-electron chi connectivity index (χ1n) is 5.05. The summed E-state index contributed by atoms with van der Waals surface area (Å²) in [5.41, 5.74) is 1.30. The van der Waals surface area contributed by atoms with Crippen molar-refractivity contribution in [2.75, 3.05) is 0 Å². The van der Waals surface area contributed by atoms with Crippen LogP contribution in [-0.2, 0) is 0 Å². The summed E-state index contributed by atoms with van der Waals surface area (Å²) in [6, 6.07) is 0. The molecule has 0 spiro atoms. The van der Waals surface area contributed by atoms with Gasteiger partial charge in [-0.1, -0.05) is 22.7 Å². The van der Waals surface area contributed by atoms with Gasteiger partial charge in [0.25, 0.3) is 0 Å². The summed E-state index contributed by atoms with van der Waals surface area (Å²) < 4.78 is 0. The third-order valence-corrected chi connectivity index (χ3v) is 4.33. The number of fused-ring (bicyclic) bond motifs is 2. The van der Waals surface area contributed by atoms with Crippen molar-refractivity contribution in [2.24, 2.45) is 0 Å². The second-order valence-corrected chi connectivity index (χ2v) is 5.36. The van der Waals surface area contributed by atoms with Crippen LogP contribution in [0.2, 0.25) is 0 Å². The van der Waals surface area contributed by atoms with E-state index in [1.54, 1.807) is 24.8 Å². The highest BCUT2D eigenvalue weighted by Gasteiger charge is 2.13. The minimum atomic E-state index is 0.651. The highest BCUT2D eigenvalue weighted by Crippen LogP contribution is 2.32. The predicted molar refractivity (Wildman–Crippen MR) is 69.4 cm³/mol. The SMILES string of the molecule is c1cnc2sc(-c3nc4nccnc4s3)nc2n1. The Morgan fingerprint density at radius 1 is 0.611 bits per heavy atom. The highest BCUT2D eigenvalue weighted by molar-refractivity contribution is 7.27. The second kappa shape index (κ2) is 3.72. The van der Waals surface area contributed by atoms with Crippen LogP contribution in [0, 0.1) is 0 Å². The minimum Gasteiger partial charge on any atom is -0.240 e. The van der Waals surface area contributed by atoms with E-state index >= 15 is 0 Å². The van der Waals surface area contributed by atoms with E-state index in [2.05, 4.69) is 29.9 Å². The highest BCUT2D eigenvalue weighted by atomic mass is 32.1. The van der Waals surface area contributed by atoms with Gasteiger partial charge >= 0.3 is 0 Å². The molecule has 0 saturated heterocycles. The molecule has 0 N–H and O–H groups in total. The van der Waals surface area contributed by atoms with E-state index in [0.29, 0.717) is 11.3 Å². The first-order chi connectivity index (χ1) is 8.90. The second-order valence-electron chi connectivity index (χ2n) is 3.41. The fourth-order valence-electron chi connectivity index (χ4n) is 1.54. The smallest absolute Gasteiger partial charge is 0.190 e. The fourth-order valence-corrected chi connectivity index (χ4v) is 3.29. The minimum absolute atomic E-state index is 0.651. The Balaban J connectivity index is 1.95. The van der Waals surface area contributed by atoms with Crippen LogP contribution >= 0.6 is 22.7 Å². The zero-order valence-corrected chi connectivity index (χ0v) is 10.4. The van der Waals surface area contributed by atoms with Crippen LogP contribution in [0.1, 0.15) is 0 Å². The van der Waals surface area contributed by atoms with Gasteiger partial charge in [0.15, 0.2) is 31.0 Å². The molecule has 4 aromatic heterocycles. The summed E-state index contributed by atoms with van der Waals surface area (Å²) in [5.74, 6) is 0. The molecule has 6 nitrogen and oxygen atoms in total. The van der Waals surface area contributed by atoms with Crippen LogP contribution < -0.4 is 0 Å². The molecule has 0 radical (unpaired) electrons. The number of aromatic nitrogens is 6. The Kier molecular flexibility index (Phi) is 2.05. The molecule has 0 atom stereocenters. The molecule has 0 aliphatic carbocycles. The van der Waals surface area contributed by atoms with E-state index < -0.39 is 0 Å². The molecule has 4 rings (SSSR count). The third-order valence-electron chi connectivity index (χ3n) is 2.28. The lowest BCUT2D eigenvalue weighted by Gasteiger charge is -1.82. The summed E-state index contributed by atoms with van der Waals surface area (Å²) in [5, 5.41) is 1.61. The quantitative estimate of drug-likeness (QED) is 0.528. The lowest BCUT2D eigenvalue weighted by atomic mass is 10.6. The molecule has 0 aromatic carbocycles. The molecule has 8 heteroatoms. The van der Waals surface area contributed by atoms with Crippen molar-refractivity contribution in [3.8, 4) is 10.0 Å². The maximum absolute atomic E-state index is 4.42. The van der Waals surface area contributed by atoms with Crippen LogP contribution in [0.5, 0.6) is 0 Å². The molecule has 0 saturated carbocycles. The lowest BCUT2D eigenvalue weighted by molar-refractivity contribution is 1.25. The summed E-state index contributed by atoms with van der Waals surface area (Å²) >= 11 is 2.95. The van der Waals surface area contributed by atoms with Crippen molar-refractivity contribution >= 4 is 43.6 Å². The van der Waals surface area contributed by atoms with Crippen molar-refractivity contribution in [3.05, 3.63) is 24.8 Å². The van der Waals surface area contributed by atoms with Gasteiger partial charge in [0.05, 0.1) is 0 Å². The van der Waals surface area contributed by atoms with E-state index in [0.717, 1.165) is 19.7 Å². The fraction of sp³-hybridized carbons (Fsp3) is 0. The lowest BCUT2D eigenvalue weighted by Crippen LogP contribution is -1.78. The van der Waals surface area contributed by atoms with Gasteiger partial charge in [-0.2, -0.15) is 0 Å². The van der Waals surface area contributed by atoms with Gasteiger partial charge in [-0.25, -0.2) is 29.9 Å². The normalized spacial score (nSPS) is 11.3. The van der Waals surface area contributed by atoms with Crippen LogP contribution in [0.4, 0.5) is 0 Å². The van der Waals surface area contributed by atoms with Crippen molar-refractivity contribution in [1.29, 1.82) is 0 Å². The standard InChI is InChI=1S/C10H4N6S2/c1-3-13-7-5(11-1)15-9(17-7)10-16-6-8(18-10)14-4-2-12-6/h1-4H. The maximum Gasteiger partial charge on any atom is 0.190 e. The first-order valence-corrected chi connectivity index (χ1v) is 6.69. The predicted octanol–water partition coefficient (Wildman–Crippen LogP) is 2.15. The molecule has 0 aliphatic heterocycles. The van der Waals surface area contributed by atoms with E-state index in [1.807, 2.05) is 0 Å². The number of hydrogen-bond donors (Lipinski definition) is 0. The molecular formula is C10H4N6S2. The molecule has 0 bridgehead atoms. The molecule has 86 valence electrons. The molecule has 4 heterocycles. The third kappa shape index (κ3) is 1.46. The zero-order valence-electron chi connectivity index (χ0n) is 8.81. The Bertz CT molecular complexity index is 713. The van der Waals surface area contributed by atoms with E-state index in [4.69, 9.17) is 0 Å². The van der Waals surface area contributed by atoms with Crippen LogP contribution in [-0.4, -0.2) is 29.9 Å². The van der Waals surface area contributed by atoms with E-state index in [-0.39, 0.29) is 0 Å². The summed E-state index contributed by atoms with van der Waals surface area (Å²) in [6.45, 7) is 0. The average Bonchev–Trinajstić information content (AvgIpc) is 3.02. The summed E-state index contributed by atoms with van der Waals surface area (Å²) in [6.07, 6.45) is 6.58. The first kappa shape index (κ1) is 9.92. The maximum atomic E-state index is 4.42. The number of hydrogen-bond acceptors (Lipinski definition) is 8. The largest absolute Gasteiger partial charge is 0.240 e. The van der Waals surface area contributed by atoms with Crippen molar-refractivity contribution in [1.82, 2.24) is 29.9 Å². The van der Waals surface area contributed by atoms with Crippen LogP contribution in [0.3, 0.4) is 0 Å². The van der Waals surface area contributed by atoms with Gasteiger partial charge in [-0.15, -0.1) is 0 Å². The number of rotatable bonds is 1. The average molecular weight is 272 g/mol. The molecular weight excluding hydrogens is 268 g/mol. The Labute approximate surface area is 108 Å². The number of thiazole rings is 2. The van der Waals surface area contributed by atoms with Crippen LogP contribution in [0.25, 0.3) is 31.0 Å². The van der Waals surface area contributed by atoms with E-state index in [1.165, 1.54) is 22.7 Å². The van der Waals surface area contributed by atoms with Crippen molar-refractivity contribution < 1.29 is 0 Å². The van der Waals surface area contributed by atoms with Crippen LogP contribution in [0.15, 0.2) is 24.8 Å². The van der Waals surface area contributed by atoms with Gasteiger partial charge in [0.2, 0.25) is 0 Å². The molecule has 0 aliphatic rings. The zero-order chi connectivity index (χ0) is 11.9. The van der Waals surface area contributed by atoms with Gasteiger partial charge in [-0.05, 0) is 0 Å². The number of nitrogens with zero attached hydrogens (tertiary/aromatic N) is 6. The van der Waals surface area contributed by atoms with Crippen molar-refractivity contribution in [3.63, 3.8) is 0 Å². The monoisotopic (exact) mass is 272 g/mol. The topological polar surface area (TPSA) is 77.3 Å². The summed E-state index contributed by atoms with van der Waals surface area (Å²) in [4.78, 5) is 27.2. The Morgan fingerprint density at radius 2 is 1.06 bits per heavy atom.